The van der Waals surface area contributed by atoms with E-state index in [1.165, 1.54) is 0 Å². The van der Waals surface area contributed by atoms with Crippen molar-refractivity contribution in [3.8, 4) is 0 Å². The number of rotatable bonds is 6. The SMILES string of the molecule is CC(C)CC(N)C(=O)O.Cl.NC(Cc1ccccc1)C(=O)O.O[B]O. The zero-order chi connectivity index (χ0) is 19.1. The van der Waals surface area contributed by atoms with Crippen LogP contribution in [0.15, 0.2) is 30.3 Å². The summed E-state index contributed by atoms with van der Waals surface area (Å²) in [4.78, 5) is 20.5. The van der Waals surface area contributed by atoms with Gasteiger partial charge in [0.2, 0.25) is 0 Å². The van der Waals surface area contributed by atoms with Gasteiger partial charge < -0.3 is 31.7 Å². The molecular formula is C15H27BClN2O6. The first-order chi connectivity index (χ1) is 11.1. The van der Waals surface area contributed by atoms with Crippen LogP contribution < -0.4 is 11.5 Å². The quantitative estimate of drug-likeness (QED) is 0.377. The maximum Gasteiger partial charge on any atom is 0.482 e. The van der Waals surface area contributed by atoms with E-state index >= 15 is 0 Å². The van der Waals surface area contributed by atoms with Gasteiger partial charge in [-0.3, -0.25) is 9.59 Å². The number of carboxylic acid groups (broad SMARTS) is 2. The smallest absolute Gasteiger partial charge is 0.480 e. The highest BCUT2D eigenvalue weighted by molar-refractivity contribution is 6.13. The molecule has 0 spiro atoms. The minimum absolute atomic E-state index is 0. The van der Waals surface area contributed by atoms with E-state index in [1.807, 2.05) is 44.2 Å². The highest BCUT2D eigenvalue weighted by Crippen LogP contribution is 2.02. The van der Waals surface area contributed by atoms with Crippen molar-refractivity contribution in [2.24, 2.45) is 17.4 Å². The number of carboxylic acids is 2. The van der Waals surface area contributed by atoms with Crippen LogP contribution in [0.2, 0.25) is 0 Å². The van der Waals surface area contributed by atoms with Crippen molar-refractivity contribution in [1.29, 1.82) is 0 Å². The second-order valence-electron chi connectivity index (χ2n) is 5.32. The Morgan fingerprint density at radius 2 is 1.40 bits per heavy atom. The zero-order valence-corrected chi connectivity index (χ0v) is 15.1. The zero-order valence-electron chi connectivity index (χ0n) is 14.3. The van der Waals surface area contributed by atoms with Crippen LogP contribution in [-0.4, -0.2) is 52.0 Å². The lowest BCUT2D eigenvalue weighted by molar-refractivity contribution is -0.139. The van der Waals surface area contributed by atoms with Crippen LogP contribution in [0.3, 0.4) is 0 Å². The van der Waals surface area contributed by atoms with Gasteiger partial charge in [-0.1, -0.05) is 44.2 Å². The van der Waals surface area contributed by atoms with E-state index in [9.17, 15) is 9.59 Å². The Bertz CT molecular complexity index is 465. The number of nitrogens with two attached hydrogens (primary N) is 2. The molecule has 0 saturated heterocycles. The van der Waals surface area contributed by atoms with Crippen LogP contribution >= 0.6 is 12.4 Å². The van der Waals surface area contributed by atoms with Crippen LogP contribution in [-0.2, 0) is 16.0 Å². The molecule has 25 heavy (non-hydrogen) atoms. The van der Waals surface area contributed by atoms with Crippen molar-refractivity contribution in [1.82, 2.24) is 0 Å². The Morgan fingerprint density at radius 3 is 1.68 bits per heavy atom. The van der Waals surface area contributed by atoms with Gasteiger partial charge in [-0.25, -0.2) is 0 Å². The summed E-state index contributed by atoms with van der Waals surface area (Å²) in [6.45, 7) is 3.89. The molecule has 0 aliphatic heterocycles. The third kappa shape index (κ3) is 18.5. The maximum absolute atomic E-state index is 10.4. The van der Waals surface area contributed by atoms with E-state index in [0.29, 0.717) is 18.8 Å². The molecule has 0 amide bonds. The van der Waals surface area contributed by atoms with Crippen LogP contribution in [0.25, 0.3) is 0 Å². The summed E-state index contributed by atoms with van der Waals surface area (Å²) in [6, 6.07) is 7.85. The fraction of sp³-hybridized carbons (Fsp3) is 0.467. The minimum atomic E-state index is -0.959. The van der Waals surface area contributed by atoms with E-state index in [4.69, 9.17) is 31.7 Å². The number of hydrogen-bond donors (Lipinski definition) is 6. The third-order valence-corrected chi connectivity index (χ3v) is 2.66. The van der Waals surface area contributed by atoms with Crippen molar-refractivity contribution in [2.75, 3.05) is 0 Å². The predicted octanol–water partition coefficient (Wildman–Crippen LogP) is 0.0124. The number of aliphatic carboxylic acids is 2. The molecule has 8 nitrogen and oxygen atoms in total. The fourth-order valence-corrected chi connectivity index (χ4v) is 1.56. The van der Waals surface area contributed by atoms with Gasteiger partial charge in [0.1, 0.15) is 12.1 Å². The molecule has 0 aromatic heterocycles. The highest BCUT2D eigenvalue weighted by Gasteiger charge is 2.12. The summed E-state index contributed by atoms with van der Waals surface area (Å²) in [7, 11) is 0. The molecule has 10 heteroatoms. The number of carbonyl (C=O) groups is 2. The molecular weight excluding hydrogens is 350 g/mol. The standard InChI is InChI=1S/C9H11NO2.C6H13NO2.BH2O2.ClH/c10-8(9(11)12)6-7-4-2-1-3-5-7;1-4(2)3-5(7)6(8)9;2-1-3;/h1-5,8H,6,10H2,(H,11,12);4-5H,3,7H2,1-2H3,(H,8,9);2-3H;1H. The molecule has 1 rings (SSSR count). The van der Waals surface area contributed by atoms with Gasteiger partial charge in [-0.2, -0.15) is 0 Å². The summed E-state index contributed by atoms with van der Waals surface area (Å²) in [5.41, 5.74) is 11.5. The van der Waals surface area contributed by atoms with Gasteiger partial charge in [0.25, 0.3) is 0 Å². The number of benzene rings is 1. The first-order valence-electron chi connectivity index (χ1n) is 7.26. The Labute approximate surface area is 154 Å². The summed E-state index contributed by atoms with van der Waals surface area (Å²) in [5, 5.41) is 30.8. The lowest BCUT2D eigenvalue weighted by atomic mass is 10.1. The van der Waals surface area contributed by atoms with Gasteiger partial charge in [-0.15, -0.1) is 12.4 Å². The topological polar surface area (TPSA) is 167 Å². The number of hydrogen-bond acceptors (Lipinski definition) is 6. The first-order valence-corrected chi connectivity index (χ1v) is 7.26. The summed E-state index contributed by atoms with van der Waals surface area (Å²) in [6.07, 6.45) is 0.936. The molecule has 0 saturated carbocycles. The van der Waals surface area contributed by atoms with E-state index in [2.05, 4.69) is 0 Å². The highest BCUT2D eigenvalue weighted by atomic mass is 35.5. The van der Waals surface area contributed by atoms with Crippen molar-refractivity contribution in [3.63, 3.8) is 0 Å². The predicted molar refractivity (Wildman–Crippen MR) is 98.3 cm³/mol. The molecule has 0 aliphatic rings. The van der Waals surface area contributed by atoms with Crippen molar-refractivity contribution in [2.45, 2.75) is 38.8 Å². The second kappa shape index (κ2) is 17.2. The van der Waals surface area contributed by atoms with Crippen molar-refractivity contribution < 1.29 is 29.9 Å². The fourth-order valence-electron chi connectivity index (χ4n) is 1.56. The molecule has 1 aromatic rings. The molecule has 2 atom stereocenters. The Hall–Kier alpha value is -1.65. The summed E-state index contributed by atoms with van der Waals surface area (Å²) in [5.74, 6) is -1.52. The molecule has 0 heterocycles. The monoisotopic (exact) mass is 377 g/mol. The molecule has 1 radical (unpaired) electrons. The second-order valence-corrected chi connectivity index (χ2v) is 5.32. The average Bonchev–Trinajstić information content (AvgIpc) is 2.48. The summed E-state index contributed by atoms with van der Waals surface area (Å²) < 4.78 is 0. The Morgan fingerprint density at radius 1 is 1.00 bits per heavy atom. The van der Waals surface area contributed by atoms with Gasteiger partial charge in [0, 0.05) is 0 Å². The van der Waals surface area contributed by atoms with Crippen molar-refractivity contribution >= 4 is 32.0 Å². The van der Waals surface area contributed by atoms with E-state index in [0.717, 1.165) is 5.56 Å². The van der Waals surface area contributed by atoms with Gasteiger partial charge in [-0.05, 0) is 24.3 Å². The van der Waals surface area contributed by atoms with Crippen LogP contribution in [0.1, 0.15) is 25.8 Å². The van der Waals surface area contributed by atoms with E-state index in [1.54, 1.807) is 0 Å². The van der Waals surface area contributed by atoms with Gasteiger partial charge in [0.05, 0.1) is 0 Å². The van der Waals surface area contributed by atoms with Crippen LogP contribution in [0.5, 0.6) is 0 Å². The largest absolute Gasteiger partial charge is 0.482 e. The van der Waals surface area contributed by atoms with Crippen LogP contribution in [0, 0.1) is 5.92 Å². The van der Waals surface area contributed by atoms with Crippen LogP contribution in [0.4, 0.5) is 0 Å². The average molecular weight is 378 g/mol. The number of halogens is 1. The Balaban J connectivity index is -0.000000333. The molecule has 0 aliphatic carbocycles. The first kappa shape index (κ1) is 28.2. The Kier molecular flexibility index (Phi) is 19.4. The lowest BCUT2D eigenvalue weighted by Crippen LogP contribution is -2.32. The molecule has 0 fully saturated rings. The van der Waals surface area contributed by atoms with Crippen molar-refractivity contribution in [3.05, 3.63) is 35.9 Å². The molecule has 8 N–H and O–H groups in total. The third-order valence-electron chi connectivity index (χ3n) is 2.66. The van der Waals surface area contributed by atoms with E-state index in [-0.39, 0.29) is 20.1 Å². The molecule has 0 bridgehead atoms. The molecule has 1 aromatic carbocycles. The lowest BCUT2D eigenvalue weighted by Gasteiger charge is -2.07. The minimum Gasteiger partial charge on any atom is -0.480 e. The van der Waals surface area contributed by atoms with Gasteiger partial charge in [0.15, 0.2) is 0 Å². The van der Waals surface area contributed by atoms with Gasteiger partial charge >= 0.3 is 19.6 Å². The summed E-state index contributed by atoms with van der Waals surface area (Å²) >= 11 is 0. The molecule has 143 valence electrons. The molecule has 2 unspecified atom stereocenters. The normalized spacial score (nSPS) is 11.5. The van der Waals surface area contributed by atoms with E-state index < -0.39 is 24.0 Å². The maximum atomic E-state index is 10.4.